The molecule has 0 aromatic heterocycles. The molecular weight excluding hydrogens is 266 g/mol. The zero-order valence-electron chi connectivity index (χ0n) is 11.1. The van der Waals surface area contributed by atoms with Gasteiger partial charge in [0.05, 0.1) is 4.90 Å². The summed E-state index contributed by atoms with van der Waals surface area (Å²) in [6, 6.07) is 6.70. The normalized spacial score (nSPS) is 13.2. The first-order valence-corrected chi connectivity index (χ1v) is 7.62. The number of hydrogen-bond donors (Lipinski definition) is 2. The Morgan fingerprint density at radius 3 is 2.53 bits per heavy atom. The highest BCUT2D eigenvalue weighted by molar-refractivity contribution is 7.89. The number of hydrogen-bond acceptors (Lipinski definition) is 3. The average molecular weight is 285 g/mol. The largest absolute Gasteiger partial charge is 0.481 e. The lowest BCUT2D eigenvalue weighted by Gasteiger charge is -2.14. The average Bonchev–Trinajstić information content (AvgIpc) is 2.34. The van der Waals surface area contributed by atoms with Crippen molar-refractivity contribution in [2.24, 2.45) is 5.92 Å². The Morgan fingerprint density at radius 2 is 2.00 bits per heavy atom. The number of carboxylic acid groups (broad SMARTS) is 1. The number of aryl methyl sites for hydroxylation is 1. The smallest absolute Gasteiger partial charge is 0.303 e. The van der Waals surface area contributed by atoms with E-state index in [2.05, 4.69) is 4.72 Å². The molecule has 1 aromatic carbocycles. The van der Waals surface area contributed by atoms with Crippen LogP contribution in [0.15, 0.2) is 29.2 Å². The van der Waals surface area contributed by atoms with Gasteiger partial charge in [0.15, 0.2) is 0 Å². The highest BCUT2D eigenvalue weighted by atomic mass is 32.2. The molecule has 0 bridgehead atoms. The zero-order chi connectivity index (χ0) is 14.5. The summed E-state index contributed by atoms with van der Waals surface area (Å²) < 4.78 is 26.7. The Kier molecular flexibility index (Phi) is 5.50. The van der Waals surface area contributed by atoms with E-state index in [4.69, 9.17) is 5.11 Å². The molecule has 1 atom stereocenters. The number of carboxylic acids is 1. The van der Waals surface area contributed by atoms with Crippen LogP contribution < -0.4 is 4.72 Å². The molecule has 0 aliphatic carbocycles. The Hall–Kier alpha value is -1.40. The predicted octanol–water partition coefficient (Wildman–Crippen LogP) is 1.77. The van der Waals surface area contributed by atoms with Crippen molar-refractivity contribution in [3.05, 3.63) is 29.8 Å². The van der Waals surface area contributed by atoms with Crippen molar-refractivity contribution in [1.29, 1.82) is 0 Å². The lowest BCUT2D eigenvalue weighted by molar-refractivity contribution is -0.138. The molecule has 0 saturated heterocycles. The maximum atomic E-state index is 12.1. The summed E-state index contributed by atoms with van der Waals surface area (Å²) in [7, 11) is -3.57. The maximum Gasteiger partial charge on any atom is 0.303 e. The number of rotatable bonds is 7. The van der Waals surface area contributed by atoms with E-state index in [0.717, 1.165) is 0 Å². The van der Waals surface area contributed by atoms with E-state index >= 15 is 0 Å². The number of carbonyl (C=O) groups is 1. The molecule has 0 spiro atoms. The molecule has 0 heterocycles. The van der Waals surface area contributed by atoms with Gasteiger partial charge in [-0.3, -0.25) is 4.79 Å². The molecule has 0 aliphatic rings. The fraction of sp³-hybridized carbons (Fsp3) is 0.462. The van der Waals surface area contributed by atoms with E-state index < -0.39 is 16.0 Å². The summed E-state index contributed by atoms with van der Waals surface area (Å²) in [6.45, 7) is 3.71. The van der Waals surface area contributed by atoms with E-state index in [1.165, 1.54) is 6.07 Å². The van der Waals surface area contributed by atoms with Gasteiger partial charge in [-0.1, -0.05) is 31.5 Å². The number of aliphatic carboxylic acids is 1. The molecule has 106 valence electrons. The van der Waals surface area contributed by atoms with E-state index in [9.17, 15) is 13.2 Å². The first-order chi connectivity index (χ1) is 8.86. The number of sulfonamides is 1. The van der Waals surface area contributed by atoms with Crippen LogP contribution in [0.25, 0.3) is 0 Å². The highest BCUT2D eigenvalue weighted by Crippen LogP contribution is 2.15. The lowest BCUT2D eigenvalue weighted by Crippen LogP contribution is -2.30. The van der Waals surface area contributed by atoms with Gasteiger partial charge in [0.25, 0.3) is 0 Å². The first-order valence-electron chi connectivity index (χ1n) is 6.14. The van der Waals surface area contributed by atoms with Crippen molar-refractivity contribution < 1.29 is 18.3 Å². The second-order valence-electron chi connectivity index (χ2n) is 4.49. The van der Waals surface area contributed by atoms with E-state index in [1.54, 1.807) is 25.1 Å². The highest BCUT2D eigenvalue weighted by Gasteiger charge is 2.19. The second-order valence-corrected chi connectivity index (χ2v) is 6.22. The third-order valence-electron chi connectivity index (χ3n) is 2.99. The standard InChI is InChI=1S/C13H19NO4S/c1-3-11(8-13(15)16)9-14-19(17,18)12-7-5-4-6-10(12)2/h4-7,11,14H,3,8-9H2,1-2H3,(H,15,16). The summed E-state index contributed by atoms with van der Waals surface area (Å²) in [5.74, 6) is -1.11. The van der Waals surface area contributed by atoms with Crippen molar-refractivity contribution in [2.75, 3.05) is 6.54 Å². The van der Waals surface area contributed by atoms with Gasteiger partial charge in [-0.2, -0.15) is 0 Å². The molecule has 0 aliphatic heterocycles. The fourth-order valence-electron chi connectivity index (χ4n) is 1.77. The van der Waals surface area contributed by atoms with Gasteiger partial charge >= 0.3 is 5.97 Å². The number of nitrogens with one attached hydrogen (secondary N) is 1. The van der Waals surface area contributed by atoms with Gasteiger partial charge in [0.1, 0.15) is 0 Å². The topological polar surface area (TPSA) is 83.5 Å². The molecule has 2 N–H and O–H groups in total. The molecule has 1 unspecified atom stereocenters. The molecule has 0 fully saturated rings. The minimum atomic E-state index is -3.57. The van der Waals surface area contributed by atoms with Crippen LogP contribution in [0.3, 0.4) is 0 Å². The van der Waals surface area contributed by atoms with Crippen LogP contribution in [0.5, 0.6) is 0 Å². The lowest BCUT2D eigenvalue weighted by atomic mass is 10.0. The molecule has 5 nitrogen and oxygen atoms in total. The minimum Gasteiger partial charge on any atom is -0.481 e. The summed E-state index contributed by atoms with van der Waals surface area (Å²) >= 11 is 0. The minimum absolute atomic E-state index is 0.0349. The van der Waals surface area contributed by atoms with E-state index in [1.807, 2.05) is 6.92 Å². The third kappa shape index (κ3) is 4.65. The summed E-state index contributed by atoms with van der Waals surface area (Å²) in [5.41, 5.74) is 0.668. The SMILES string of the molecule is CCC(CNS(=O)(=O)c1ccccc1C)CC(=O)O. The number of benzene rings is 1. The molecule has 1 aromatic rings. The molecule has 0 amide bonds. The van der Waals surface area contributed by atoms with Gasteiger partial charge in [-0.25, -0.2) is 13.1 Å². The van der Waals surface area contributed by atoms with Crippen LogP contribution in [0, 0.1) is 12.8 Å². The molecule has 1 rings (SSSR count). The molecule has 0 saturated carbocycles. The Balaban J connectivity index is 2.76. The summed E-state index contributed by atoms with van der Waals surface area (Å²) in [5, 5.41) is 8.73. The molecule has 0 radical (unpaired) electrons. The Labute approximate surface area is 113 Å². The summed E-state index contributed by atoms with van der Waals surface area (Å²) in [6.07, 6.45) is 0.579. The Morgan fingerprint density at radius 1 is 1.37 bits per heavy atom. The Bertz CT molecular complexity index is 539. The van der Waals surface area contributed by atoms with Crippen molar-refractivity contribution in [2.45, 2.75) is 31.6 Å². The summed E-state index contributed by atoms with van der Waals surface area (Å²) in [4.78, 5) is 10.9. The van der Waals surface area contributed by atoms with Crippen molar-refractivity contribution in [3.63, 3.8) is 0 Å². The van der Waals surface area contributed by atoms with Crippen molar-refractivity contribution >= 4 is 16.0 Å². The van der Waals surface area contributed by atoms with Crippen LogP contribution in [0.1, 0.15) is 25.3 Å². The fourth-order valence-corrected chi connectivity index (χ4v) is 3.13. The monoisotopic (exact) mass is 285 g/mol. The van der Waals surface area contributed by atoms with Crippen molar-refractivity contribution in [1.82, 2.24) is 4.72 Å². The van der Waals surface area contributed by atoms with Crippen LogP contribution in [-0.4, -0.2) is 26.0 Å². The van der Waals surface area contributed by atoms with Gasteiger partial charge in [-0.15, -0.1) is 0 Å². The maximum absolute atomic E-state index is 12.1. The van der Waals surface area contributed by atoms with Gasteiger partial charge in [-0.05, 0) is 24.5 Å². The van der Waals surface area contributed by atoms with Crippen LogP contribution in [0.4, 0.5) is 0 Å². The van der Waals surface area contributed by atoms with E-state index in [-0.39, 0.29) is 23.8 Å². The van der Waals surface area contributed by atoms with Crippen LogP contribution in [0.2, 0.25) is 0 Å². The zero-order valence-corrected chi connectivity index (χ0v) is 11.9. The molecular formula is C13H19NO4S. The molecule has 19 heavy (non-hydrogen) atoms. The van der Waals surface area contributed by atoms with Gasteiger partial charge in [0, 0.05) is 13.0 Å². The van der Waals surface area contributed by atoms with Crippen LogP contribution >= 0.6 is 0 Å². The first kappa shape index (κ1) is 15.7. The predicted molar refractivity (Wildman–Crippen MR) is 72.4 cm³/mol. The quantitative estimate of drug-likeness (QED) is 0.799. The van der Waals surface area contributed by atoms with Gasteiger partial charge in [0.2, 0.25) is 10.0 Å². The second kappa shape index (κ2) is 6.68. The van der Waals surface area contributed by atoms with Crippen LogP contribution in [-0.2, 0) is 14.8 Å². The van der Waals surface area contributed by atoms with E-state index in [0.29, 0.717) is 12.0 Å². The molecule has 6 heteroatoms. The van der Waals surface area contributed by atoms with Crippen molar-refractivity contribution in [3.8, 4) is 0 Å². The third-order valence-corrected chi connectivity index (χ3v) is 4.57. The van der Waals surface area contributed by atoms with Gasteiger partial charge < -0.3 is 5.11 Å².